The molecule has 0 bridgehead atoms. The summed E-state index contributed by atoms with van der Waals surface area (Å²) < 4.78 is 0.738. The molecule has 0 aliphatic carbocycles. The lowest BCUT2D eigenvalue weighted by Gasteiger charge is -2.00. The molecular formula is C8H9Cl2NOS. The van der Waals surface area contributed by atoms with Crippen LogP contribution < -0.4 is 5.32 Å². The third kappa shape index (κ3) is 3.98. The molecule has 1 N–H and O–H groups in total. The SMILES string of the molecule is O=C(CCCl)NCc1ccc(Cl)s1. The summed E-state index contributed by atoms with van der Waals surface area (Å²) in [6.45, 7) is 0.535. The van der Waals surface area contributed by atoms with Crippen LogP contribution in [0.15, 0.2) is 12.1 Å². The first-order valence-electron chi connectivity index (χ1n) is 3.79. The minimum absolute atomic E-state index is 0.0282. The van der Waals surface area contributed by atoms with Crippen molar-refractivity contribution in [3.05, 3.63) is 21.3 Å². The average Bonchev–Trinajstić information content (AvgIpc) is 2.49. The predicted molar refractivity (Wildman–Crippen MR) is 56.5 cm³/mol. The van der Waals surface area contributed by atoms with Crippen molar-refractivity contribution in [1.82, 2.24) is 5.32 Å². The van der Waals surface area contributed by atoms with Crippen LogP contribution in [0.2, 0.25) is 4.34 Å². The largest absolute Gasteiger partial charge is 0.351 e. The Bertz CT molecular complexity index is 287. The van der Waals surface area contributed by atoms with E-state index in [1.165, 1.54) is 11.3 Å². The van der Waals surface area contributed by atoms with Gasteiger partial charge in [0.2, 0.25) is 5.91 Å². The predicted octanol–water partition coefficient (Wildman–Crippen LogP) is 2.65. The van der Waals surface area contributed by atoms with Gasteiger partial charge in [-0.3, -0.25) is 4.79 Å². The summed E-state index contributed by atoms with van der Waals surface area (Å²) in [5.74, 6) is 0.330. The summed E-state index contributed by atoms with van der Waals surface area (Å²) in [7, 11) is 0. The summed E-state index contributed by atoms with van der Waals surface area (Å²) in [5, 5.41) is 2.74. The fourth-order valence-corrected chi connectivity index (χ4v) is 2.01. The molecule has 0 radical (unpaired) electrons. The van der Waals surface area contributed by atoms with Crippen molar-refractivity contribution in [1.29, 1.82) is 0 Å². The van der Waals surface area contributed by atoms with E-state index in [0.29, 0.717) is 18.8 Å². The molecule has 0 fully saturated rings. The minimum Gasteiger partial charge on any atom is -0.351 e. The second kappa shape index (κ2) is 5.47. The van der Waals surface area contributed by atoms with Crippen LogP contribution in [0.5, 0.6) is 0 Å². The molecule has 1 heterocycles. The zero-order valence-electron chi connectivity index (χ0n) is 6.85. The van der Waals surface area contributed by atoms with E-state index in [-0.39, 0.29) is 5.91 Å². The fourth-order valence-electron chi connectivity index (χ4n) is 0.807. The molecular weight excluding hydrogens is 229 g/mol. The Kier molecular flexibility index (Phi) is 4.56. The maximum Gasteiger partial charge on any atom is 0.221 e. The highest BCUT2D eigenvalue weighted by Gasteiger charge is 2.01. The normalized spacial score (nSPS) is 10.0. The maximum atomic E-state index is 11.0. The minimum atomic E-state index is -0.0282. The van der Waals surface area contributed by atoms with E-state index in [1.54, 1.807) is 0 Å². The van der Waals surface area contributed by atoms with Crippen molar-refractivity contribution in [2.45, 2.75) is 13.0 Å². The molecule has 1 aromatic heterocycles. The number of carbonyl (C=O) groups is 1. The molecule has 1 amide bonds. The number of halogens is 2. The van der Waals surface area contributed by atoms with Gasteiger partial charge in [-0.15, -0.1) is 22.9 Å². The van der Waals surface area contributed by atoms with Gasteiger partial charge in [0, 0.05) is 17.2 Å². The molecule has 1 aromatic rings. The Labute approximate surface area is 90.8 Å². The maximum absolute atomic E-state index is 11.0. The van der Waals surface area contributed by atoms with Crippen molar-refractivity contribution in [2.75, 3.05) is 5.88 Å². The molecule has 0 saturated carbocycles. The number of alkyl halides is 1. The summed E-state index contributed by atoms with van der Waals surface area (Å²) in [4.78, 5) is 12.0. The van der Waals surface area contributed by atoms with Crippen molar-refractivity contribution in [3.8, 4) is 0 Å². The van der Waals surface area contributed by atoms with Crippen LogP contribution in [0, 0.1) is 0 Å². The Hall–Kier alpha value is -0.250. The molecule has 0 aliphatic heterocycles. The summed E-state index contributed by atoms with van der Waals surface area (Å²) in [5.41, 5.74) is 0. The summed E-state index contributed by atoms with van der Waals surface area (Å²) >= 11 is 12.6. The van der Waals surface area contributed by atoms with E-state index < -0.39 is 0 Å². The standard InChI is InChI=1S/C8H9Cl2NOS/c9-4-3-8(12)11-5-6-1-2-7(10)13-6/h1-2H,3-5H2,(H,11,12). The van der Waals surface area contributed by atoms with Crippen LogP contribution in [0.1, 0.15) is 11.3 Å². The number of thiophene rings is 1. The molecule has 0 unspecified atom stereocenters. The molecule has 0 spiro atoms. The van der Waals surface area contributed by atoms with Gasteiger partial charge in [0.25, 0.3) is 0 Å². The topological polar surface area (TPSA) is 29.1 Å². The van der Waals surface area contributed by atoms with Crippen molar-refractivity contribution in [3.63, 3.8) is 0 Å². The van der Waals surface area contributed by atoms with Gasteiger partial charge in [-0.2, -0.15) is 0 Å². The average molecular weight is 238 g/mol. The third-order valence-electron chi connectivity index (χ3n) is 1.41. The summed E-state index contributed by atoms with van der Waals surface area (Å²) in [6.07, 6.45) is 0.362. The smallest absolute Gasteiger partial charge is 0.221 e. The van der Waals surface area contributed by atoms with Gasteiger partial charge in [-0.1, -0.05) is 11.6 Å². The lowest BCUT2D eigenvalue weighted by Crippen LogP contribution is -2.22. The molecule has 0 atom stereocenters. The van der Waals surface area contributed by atoms with Gasteiger partial charge < -0.3 is 5.32 Å². The molecule has 1 rings (SSSR count). The first-order valence-corrected chi connectivity index (χ1v) is 5.52. The quantitative estimate of drug-likeness (QED) is 0.802. The van der Waals surface area contributed by atoms with Crippen molar-refractivity contribution >= 4 is 40.4 Å². The van der Waals surface area contributed by atoms with E-state index in [9.17, 15) is 4.79 Å². The van der Waals surface area contributed by atoms with E-state index >= 15 is 0 Å². The monoisotopic (exact) mass is 237 g/mol. The van der Waals surface area contributed by atoms with E-state index in [0.717, 1.165) is 9.21 Å². The van der Waals surface area contributed by atoms with E-state index in [2.05, 4.69) is 5.32 Å². The number of rotatable bonds is 4. The number of amides is 1. The van der Waals surface area contributed by atoms with Crippen LogP contribution in [0.3, 0.4) is 0 Å². The van der Waals surface area contributed by atoms with Gasteiger partial charge in [-0.25, -0.2) is 0 Å². The van der Waals surface area contributed by atoms with Crippen LogP contribution in [-0.2, 0) is 11.3 Å². The van der Waals surface area contributed by atoms with Crippen LogP contribution >= 0.6 is 34.5 Å². The highest BCUT2D eigenvalue weighted by atomic mass is 35.5. The Morgan fingerprint density at radius 1 is 1.54 bits per heavy atom. The third-order valence-corrected chi connectivity index (χ3v) is 2.83. The van der Waals surface area contributed by atoms with Crippen LogP contribution in [0.25, 0.3) is 0 Å². The van der Waals surface area contributed by atoms with E-state index in [4.69, 9.17) is 23.2 Å². The zero-order valence-corrected chi connectivity index (χ0v) is 9.18. The van der Waals surface area contributed by atoms with Gasteiger partial charge in [0.1, 0.15) is 0 Å². The molecule has 0 saturated heterocycles. The molecule has 2 nitrogen and oxygen atoms in total. The first kappa shape index (κ1) is 10.8. The number of hydrogen-bond acceptors (Lipinski definition) is 2. The second-order valence-corrected chi connectivity index (χ2v) is 4.60. The molecule has 5 heteroatoms. The van der Waals surface area contributed by atoms with Gasteiger partial charge >= 0.3 is 0 Å². The second-order valence-electron chi connectivity index (χ2n) is 2.42. The molecule has 0 aromatic carbocycles. The highest BCUT2D eigenvalue weighted by molar-refractivity contribution is 7.16. The number of nitrogens with one attached hydrogen (secondary N) is 1. The molecule has 13 heavy (non-hydrogen) atoms. The Morgan fingerprint density at radius 3 is 2.85 bits per heavy atom. The van der Waals surface area contributed by atoms with Gasteiger partial charge in [-0.05, 0) is 12.1 Å². The molecule has 0 aliphatic rings. The molecule has 72 valence electrons. The lowest BCUT2D eigenvalue weighted by molar-refractivity contribution is -0.120. The van der Waals surface area contributed by atoms with Crippen LogP contribution in [-0.4, -0.2) is 11.8 Å². The van der Waals surface area contributed by atoms with Gasteiger partial charge in [0.15, 0.2) is 0 Å². The van der Waals surface area contributed by atoms with E-state index in [1.807, 2.05) is 12.1 Å². The van der Waals surface area contributed by atoms with Crippen molar-refractivity contribution in [2.24, 2.45) is 0 Å². The van der Waals surface area contributed by atoms with Crippen LogP contribution in [0.4, 0.5) is 0 Å². The summed E-state index contributed by atoms with van der Waals surface area (Å²) in [6, 6.07) is 3.71. The number of hydrogen-bond donors (Lipinski definition) is 1. The first-order chi connectivity index (χ1) is 6.22. The number of carbonyl (C=O) groups excluding carboxylic acids is 1. The highest BCUT2D eigenvalue weighted by Crippen LogP contribution is 2.20. The van der Waals surface area contributed by atoms with Crippen molar-refractivity contribution < 1.29 is 4.79 Å². The Balaban J connectivity index is 2.30. The fraction of sp³-hybridized carbons (Fsp3) is 0.375. The zero-order chi connectivity index (χ0) is 9.68. The van der Waals surface area contributed by atoms with Gasteiger partial charge in [0.05, 0.1) is 10.9 Å². The lowest BCUT2D eigenvalue weighted by atomic mass is 10.4. The Morgan fingerprint density at radius 2 is 2.31 bits per heavy atom.